The molecule has 0 spiro atoms. The molecule has 2 N–H and O–H groups in total. The maximum Gasteiger partial charge on any atom is 0.196 e. The minimum atomic E-state index is -0.0220. The van der Waals surface area contributed by atoms with E-state index in [0.717, 1.165) is 38.3 Å². The molecule has 2 heterocycles. The fourth-order valence-corrected chi connectivity index (χ4v) is 4.14. The molecule has 0 atom stereocenters. The molecule has 1 saturated heterocycles. The van der Waals surface area contributed by atoms with E-state index in [1.807, 2.05) is 5.38 Å². The lowest BCUT2D eigenvalue weighted by Crippen LogP contribution is -2.48. The maximum atomic E-state index is 12.9. The molecule has 134 valence electrons. The molecular weight excluding hydrogens is 354 g/mol. The number of nitrogen functional groups attached to an aromatic ring is 1. The van der Waals surface area contributed by atoms with Crippen LogP contribution in [0.2, 0.25) is 5.02 Å². The van der Waals surface area contributed by atoms with Crippen LogP contribution in [0.1, 0.15) is 35.3 Å². The first-order chi connectivity index (χ1) is 12.0. The van der Waals surface area contributed by atoms with Gasteiger partial charge in [0.05, 0.1) is 10.6 Å². The van der Waals surface area contributed by atoms with Gasteiger partial charge in [0, 0.05) is 49.4 Å². The average molecular weight is 378 g/mol. The molecule has 3 rings (SSSR count). The Morgan fingerprint density at radius 1 is 1.20 bits per heavy atom. The van der Waals surface area contributed by atoms with E-state index in [1.54, 1.807) is 24.3 Å². The molecule has 1 aliphatic heterocycles. The molecule has 1 aromatic carbocycles. The Kier molecular flexibility index (Phi) is 5.79. The van der Waals surface area contributed by atoms with Gasteiger partial charge in [-0.05, 0) is 49.1 Å². The summed E-state index contributed by atoms with van der Waals surface area (Å²) >= 11 is 7.37. The Bertz CT molecular complexity index is 734. The summed E-state index contributed by atoms with van der Waals surface area (Å²) in [6, 6.07) is 7.57. The van der Waals surface area contributed by atoms with Crippen molar-refractivity contribution in [2.45, 2.75) is 26.4 Å². The maximum absolute atomic E-state index is 12.9. The van der Waals surface area contributed by atoms with Crippen LogP contribution < -0.4 is 5.73 Å². The van der Waals surface area contributed by atoms with Crippen LogP contribution in [0.3, 0.4) is 0 Å². The molecule has 0 saturated carbocycles. The van der Waals surface area contributed by atoms with E-state index >= 15 is 0 Å². The van der Waals surface area contributed by atoms with Gasteiger partial charge in [-0.2, -0.15) is 0 Å². The van der Waals surface area contributed by atoms with E-state index in [2.05, 4.69) is 23.6 Å². The average Bonchev–Trinajstić information content (AvgIpc) is 2.96. The number of rotatable bonds is 5. The molecule has 0 unspecified atom stereocenters. The molecular formula is C19H24ClN3OS. The lowest BCUT2D eigenvalue weighted by molar-refractivity contribution is 0.101. The number of carbonyl (C=O) groups is 1. The molecule has 1 aliphatic rings. The molecule has 2 aromatic rings. The van der Waals surface area contributed by atoms with Crippen molar-refractivity contribution in [3.05, 3.63) is 51.4 Å². The van der Waals surface area contributed by atoms with Gasteiger partial charge in [0.2, 0.25) is 0 Å². The third-order valence-electron chi connectivity index (χ3n) is 4.76. The van der Waals surface area contributed by atoms with Crippen LogP contribution >= 0.6 is 22.9 Å². The van der Waals surface area contributed by atoms with Gasteiger partial charge in [-0.25, -0.2) is 0 Å². The van der Waals surface area contributed by atoms with Crippen LogP contribution in [0.4, 0.5) is 5.00 Å². The number of anilines is 1. The van der Waals surface area contributed by atoms with Gasteiger partial charge >= 0.3 is 0 Å². The molecule has 1 aromatic heterocycles. The highest BCUT2D eigenvalue weighted by atomic mass is 35.5. The summed E-state index contributed by atoms with van der Waals surface area (Å²) in [7, 11) is 0. The largest absolute Gasteiger partial charge is 0.390 e. The van der Waals surface area contributed by atoms with Gasteiger partial charge in [-0.15, -0.1) is 11.3 Å². The first-order valence-corrected chi connectivity index (χ1v) is 9.84. The van der Waals surface area contributed by atoms with Crippen molar-refractivity contribution in [1.82, 2.24) is 9.80 Å². The summed E-state index contributed by atoms with van der Waals surface area (Å²) in [4.78, 5) is 17.8. The zero-order valence-electron chi connectivity index (χ0n) is 14.7. The number of thiophene rings is 1. The van der Waals surface area contributed by atoms with Crippen molar-refractivity contribution >= 4 is 33.7 Å². The van der Waals surface area contributed by atoms with Crippen LogP contribution in [0.25, 0.3) is 0 Å². The molecule has 0 radical (unpaired) electrons. The highest BCUT2D eigenvalue weighted by molar-refractivity contribution is 7.14. The first-order valence-electron chi connectivity index (χ1n) is 8.58. The van der Waals surface area contributed by atoms with Crippen LogP contribution in [0, 0.1) is 0 Å². The Hall–Kier alpha value is -1.40. The number of hydrogen-bond acceptors (Lipinski definition) is 5. The number of piperazine rings is 1. The minimum absolute atomic E-state index is 0.0220. The van der Waals surface area contributed by atoms with E-state index in [4.69, 9.17) is 17.3 Å². The van der Waals surface area contributed by atoms with Crippen molar-refractivity contribution in [2.24, 2.45) is 0 Å². The number of benzene rings is 1. The van der Waals surface area contributed by atoms with Crippen LogP contribution in [-0.2, 0) is 6.54 Å². The zero-order valence-corrected chi connectivity index (χ0v) is 16.2. The summed E-state index contributed by atoms with van der Waals surface area (Å²) in [6.45, 7) is 9.41. The smallest absolute Gasteiger partial charge is 0.196 e. The van der Waals surface area contributed by atoms with E-state index < -0.39 is 0 Å². The molecule has 6 heteroatoms. The summed E-state index contributed by atoms with van der Waals surface area (Å²) in [6.07, 6.45) is 0. The second-order valence-corrected chi connectivity index (χ2v) is 8.09. The minimum Gasteiger partial charge on any atom is -0.390 e. The zero-order chi connectivity index (χ0) is 18.0. The Morgan fingerprint density at radius 2 is 1.84 bits per heavy atom. The summed E-state index contributed by atoms with van der Waals surface area (Å²) < 4.78 is 0. The lowest BCUT2D eigenvalue weighted by atomic mass is 10.0. The van der Waals surface area contributed by atoms with Gasteiger partial charge in [-0.1, -0.05) is 11.6 Å². The van der Waals surface area contributed by atoms with E-state index in [9.17, 15) is 4.79 Å². The predicted octanol–water partition coefficient (Wildman–Crippen LogP) is 3.74. The fourth-order valence-electron chi connectivity index (χ4n) is 3.21. The summed E-state index contributed by atoms with van der Waals surface area (Å²) in [5.41, 5.74) is 8.43. The van der Waals surface area contributed by atoms with Gasteiger partial charge in [-0.3, -0.25) is 14.6 Å². The molecule has 0 bridgehead atoms. The molecule has 0 amide bonds. The number of nitrogens with zero attached hydrogens (tertiary/aromatic N) is 2. The molecule has 4 nitrogen and oxygen atoms in total. The third kappa shape index (κ3) is 4.23. The number of ketones is 1. The van der Waals surface area contributed by atoms with E-state index in [0.29, 0.717) is 27.2 Å². The van der Waals surface area contributed by atoms with Crippen LogP contribution in [-0.4, -0.2) is 47.8 Å². The topological polar surface area (TPSA) is 49.6 Å². The fraction of sp³-hybridized carbons (Fsp3) is 0.421. The van der Waals surface area contributed by atoms with Crippen molar-refractivity contribution in [3.63, 3.8) is 0 Å². The van der Waals surface area contributed by atoms with Gasteiger partial charge in [0.25, 0.3) is 0 Å². The second kappa shape index (κ2) is 7.87. The van der Waals surface area contributed by atoms with Gasteiger partial charge < -0.3 is 5.73 Å². The van der Waals surface area contributed by atoms with Crippen molar-refractivity contribution < 1.29 is 4.79 Å². The Morgan fingerprint density at radius 3 is 2.44 bits per heavy atom. The lowest BCUT2D eigenvalue weighted by Gasteiger charge is -2.36. The van der Waals surface area contributed by atoms with Gasteiger partial charge in [0.1, 0.15) is 0 Å². The van der Waals surface area contributed by atoms with E-state index in [1.165, 1.54) is 11.3 Å². The quantitative estimate of drug-likeness (QED) is 0.806. The van der Waals surface area contributed by atoms with Gasteiger partial charge in [0.15, 0.2) is 5.78 Å². The Labute approximate surface area is 158 Å². The summed E-state index contributed by atoms with van der Waals surface area (Å²) in [5.74, 6) is -0.0220. The third-order valence-corrected chi connectivity index (χ3v) is 5.87. The highest BCUT2D eigenvalue weighted by Gasteiger charge is 2.23. The predicted molar refractivity (Wildman–Crippen MR) is 106 cm³/mol. The second-order valence-electron chi connectivity index (χ2n) is 6.74. The van der Waals surface area contributed by atoms with Crippen molar-refractivity contribution in [2.75, 3.05) is 31.9 Å². The van der Waals surface area contributed by atoms with Crippen molar-refractivity contribution in [3.8, 4) is 0 Å². The van der Waals surface area contributed by atoms with Crippen LogP contribution in [0.5, 0.6) is 0 Å². The first kappa shape index (κ1) is 18.4. The molecule has 0 aliphatic carbocycles. The molecule has 25 heavy (non-hydrogen) atoms. The van der Waals surface area contributed by atoms with E-state index in [-0.39, 0.29) is 5.78 Å². The number of nitrogens with two attached hydrogens (primary N) is 1. The molecule has 1 fully saturated rings. The number of carbonyl (C=O) groups excluding carboxylic acids is 1. The number of hydrogen-bond donors (Lipinski definition) is 1. The standard InChI is InChI=1S/C19H24ClN3OS/c1-13(2)23-9-7-22(8-10-23)11-15-12-25-19(21)17(15)18(24)14-3-5-16(20)6-4-14/h3-6,12-13H,7-11,21H2,1-2H3. The Balaban J connectivity index is 1.74. The highest BCUT2D eigenvalue weighted by Crippen LogP contribution is 2.29. The SMILES string of the molecule is CC(C)N1CCN(Cc2csc(N)c2C(=O)c2ccc(Cl)cc2)CC1. The summed E-state index contributed by atoms with van der Waals surface area (Å²) in [5, 5.41) is 3.24. The monoisotopic (exact) mass is 377 g/mol. The number of halogens is 1. The van der Waals surface area contributed by atoms with Crippen molar-refractivity contribution in [1.29, 1.82) is 0 Å². The normalized spacial score (nSPS) is 16.5. The van der Waals surface area contributed by atoms with Crippen LogP contribution in [0.15, 0.2) is 29.6 Å².